The summed E-state index contributed by atoms with van der Waals surface area (Å²) in [6, 6.07) is 8.56. The molecule has 1 amide bonds. The summed E-state index contributed by atoms with van der Waals surface area (Å²) in [5.74, 6) is 0.325. The Balaban J connectivity index is 1.65. The van der Waals surface area contributed by atoms with E-state index in [0.29, 0.717) is 65.4 Å². The number of amides is 1. The van der Waals surface area contributed by atoms with Gasteiger partial charge in [-0.05, 0) is 56.2 Å². The normalized spacial score (nSPS) is 16.8. The third-order valence-electron chi connectivity index (χ3n) is 7.57. The van der Waals surface area contributed by atoms with Gasteiger partial charge in [-0.25, -0.2) is 4.39 Å². The topological polar surface area (TPSA) is 72.6 Å². The van der Waals surface area contributed by atoms with Gasteiger partial charge in [0.15, 0.2) is 0 Å². The van der Waals surface area contributed by atoms with Crippen molar-refractivity contribution in [1.82, 2.24) is 9.47 Å². The number of hydrogen-bond acceptors (Lipinski definition) is 7. The van der Waals surface area contributed by atoms with Crippen LogP contribution in [0.15, 0.2) is 34.0 Å². The largest absolute Gasteiger partial charge is 0.368 e. The molecule has 2 aliphatic heterocycles. The number of benzene rings is 1. The minimum absolute atomic E-state index is 0.0909. The number of halogens is 1. The second-order valence-electron chi connectivity index (χ2n) is 10.1. The lowest BCUT2D eigenvalue weighted by Crippen LogP contribution is -2.48. The van der Waals surface area contributed by atoms with Gasteiger partial charge in [0.1, 0.15) is 27.6 Å². The van der Waals surface area contributed by atoms with E-state index in [1.807, 2.05) is 13.0 Å². The van der Waals surface area contributed by atoms with Gasteiger partial charge in [-0.3, -0.25) is 19.1 Å². The highest BCUT2D eigenvalue weighted by Gasteiger charge is 2.33. The zero-order chi connectivity index (χ0) is 28.8. The van der Waals surface area contributed by atoms with Gasteiger partial charge in [0, 0.05) is 50.5 Å². The average molecular weight is 582 g/mol. The van der Waals surface area contributed by atoms with E-state index >= 15 is 0 Å². The van der Waals surface area contributed by atoms with Crippen molar-refractivity contribution in [3.8, 4) is 6.07 Å². The van der Waals surface area contributed by atoms with Crippen LogP contribution in [0.4, 0.5) is 15.9 Å². The van der Waals surface area contributed by atoms with E-state index in [4.69, 9.17) is 12.2 Å². The van der Waals surface area contributed by atoms with Crippen molar-refractivity contribution in [2.45, 2.75) is 59.4 Å². The predicted molar refractivity (Wildman–Crippen MR) is 165 cm³/mol. The van der Waals surface area contributed by atoms with Crippen molar-refractivity contribution >= 4 is 51.8 Å². The maximum absolute atomic E-state index is 13.4. The van der Waals surface area contributed by atoms with E-state index in [-0.39, 0.29) is 22.8 Å². The monoisotopic (exact) mass is 581 g/mol. The summed E-state index contributed by atoms with van der Waals surface area (Å²) in [7, 11) is 0. The third-order valence-corrected chi connectivity index (χ3v) is 8.95. The highest BCUT2D eigenvalue weighted by atomic mass is 32.2. The first kappa shape index (κ1) is 29.8. The van der Waals surface area contributed by atoms with Crippen LogP contribution in [-0.2, 0) is 11.3 Å². The molecule has 1 aromatic heterocycles. The Labute approximate surface area is 245 Å². The van der Waals surface area contributed by atoms with Crippen molar-refractivity contribution in [2.75, 3.05) is 42.5 Å². The summed E-state index contributed by atoms with van der Waals surface area (Å²) in [5, 5.41) is 9.85. The standard InChI is InChI=1S/C30H36FN5O2S2/c1-4-6-7-8-9-14-36-29(38)26(40-30(36)39)19-24-21(3)25(20-32)28(37)35(5-2)27(24)34-17-15-33(16-18-34)23-12-10-22(31)11-13-23/h10-13,19H,4-9,14-18H2,1-3H3. The van der Waals surface area contributed by atoms with Gasteiger partial charge in [-0.15, -0.1) is 0 Å². The summed E-state index contributed by atoms with van der Waals surface area (Å²) in [6.07, 6.45) is 7.28. The Morgan fingerprint density at radius 2 is 1.68 bits per heavy atom. The number of thioether (sulfide) groups is 1. The molecular weight excluding hydrogens is 545 g/mol. The highest BCUT2D eigenvalue weighted by molar-refractivity contribution is 8.26. The molecule has 10 heteroatoms. The molecule has 0 atom stereocenters. The number of carbonyl (C=O) groups excluding carboxylic acids is 1. The fourth-order valence-electron chi connectivity index (χ4n) is 5.30. The molecule has 0 aliphatic carbocycles. The second kappa shape index (κ2) is 13.5. The molecule has 0 spiro atoms. The van der Waals surface area contributed by atoms with Gasteiger partial charge in [0.25, 0.3) is 11.5 Å². The fourth-order valence-corrected chi connectivity index (χ4v) is 6.59. The number of nitriles is 1. The summed E-state index contributed by atoms with van der Waals surface area (Å²) >= 11 is 6.85. The molecule has 212 valence electrons. The summed E-state index contributed by atoms with van der Waals surface area (Å²) in [6.45, 7) is 9.44. The van der Waals surface area contributed by atoms with Crippen LogP contribution in [0.25, 0.3) is 6.08 Å². The molecule has 0 unspecified atom stereocenters. The Kier molecular flexibility index (Phi) is 10.0. The van der Waals surface area contributed by atoms with E-state index in [1.165, 1.54) is 30.3 Å². The number of rotatable bonds is 10. The molecule has 0 saturated carbocycles. The minimum Gasteiger partial charge on any atom is -0.368 e. The van der Waals surface area contributed by atoms with Gasteiger partial charge in [-0.2, -0.15) is 5.26 Å². The first-order chi connectivity index (χ1) is 19.3. The first-order valence-corrected chi connectivity index (χ1v) is 15.2. The Hall–Kier alpha value is -3.16. The van der Waals surface area contributed by atoms with Crippen LogP contribution in [0.3, 0.4) is 0 Å². The van der Waals surface area contributed by atoms with Crippen LogP contribution < -0.4 is 15.4 Å². The summed E-state index contributed by atoms with van der Waals surface area (Å²) in [4.78, 5) is 33.3. The molecule has 2 aliphatic rings. The van der Waals surface area contributed by atoms with E-state index in [2.05, 4.69) is 22.8 Å². The molecule has 0 radical (unpaired) electrons. The first-order valence-electron chi connectivity index (χ1n) is 14.0. The lowest BCUT2D eigenvalue weighted by molar-refractivity contribution is -0.122. The van der Waals surface area contributed by atoms with E-state index in [1.54, 1.807) is 28.5 Å². The average Bonchev–Trinajstić information content (AvgIpc) is 3.22. The van der Waals surface area contributed by atoms with Gasteiger partial charge in [-0.1, -0.05) is 56.6 Å². The van der Waals surface area contributed by atoms with Crippen molar-refractivity contribution in [3.05, 3.63) is 62.0 Å². The number of hydrogen-bond donors (Lipinski definition) is 0. The van der Waals surface area contributed by atoms with Crippen molar-refractivity contribution in [3.63, 3.8) is 0 Å². The van der Waals surface area contributed by atoms with Crippen molar-refractivity contribution in [2.24, 2.45) is 0 Å². The molecule has 3 heterocycles. The molecule has 1 aromatic carbocycles. The van der Waals surface area contributed by atoms with E-state index in [0.717, 1.165) is 31.4 Å². The van der Waals surface area contributed by atoms with Gasteiger partial charge in [0.05, 0.1) is 4.91 Å². The summed E-state index contributed by atoms with van der Waals surface area (Å²) < 4.78 is 15.6. The Morgan fingerprint density at radius 3 is 2.30 bits per heavy atom. The Bertz CT molecular complexity index is 1390. The third kappa shape index (κ3) is 6.26. The zero-order valence-electron chi connectivity index (χ0n) is 23.4. The molecule has 7 nitrogen and oxygen atoms in total. The van der Waals surface area contributed by atoms with Crippen LogP contribution in [0.5, 0.6) is 0 Å². The number of pyridine rings is 1. The lowest BCUT2D eigenvalue weighted by atomic mass is 10.0. The van der Waals surface area contributed by atoms with Crippen LogP contribution in [0, 0.1) is 24.1 Å². The zero-order valence-corrected chi connectivity index (χ0v) is 25.0. The fraction of sp³-hybridized carbons (Fsp3) is 0.467. The van der Waals surface area contributed by atoms with Crippen LogP contribution in [-0.4, -0.2) is 52.4 Å². The maximum atomic E-state index is 13.4. The smallest absolute Gasteiger partial charge is 0.270 e. The van der Waals surface area contributed by atoms with E-state index < -0.39 is 0 Å². The van der Waals surface area contributed by atoms with Crippen molar-refractivity contribution in [1.29, 1.82) is 5.26 Å². The number of anilines is 2. The second-order valence-corrected chi connectivity index (χ2v) is 11.8. The van der Waals surface area contributed by atoms with Gasteiger partial charge >= 0.3 is 0 Å². The highest BCUT2D eigenvalue weighted by Crippen LogP contribution is 2.36. The van der Waals surface area contributed by atoms with Crippen LogP contribution in [0.1, 0.15) is 62.6 Å². The molecule has 0 bridgehead atoms. The summed E-state index contributed by atoms with van der Waals surface area (Å²) in [5.41, 5.74) is 1.99. The molecule has 0 N–H and O–H groups in total. The predicted octanol–water partition coefficient (Wildman–Crippen LogP) is 5.69. The molecule has 2 aromatic rings. The number of piperazine rings is 1. The molecule has 4 rings (SSSR count). The number of unbranched alkanes of at least 4 members (excludes halogenated alkanes) is 4. The maximum Gasteiger partial charge on any atom is 0.270 e. The minimum atomic E-state index is -0.324. The number of carbonyl (C=O) groups is 1. The van der Waals surface area contributed by atoms with Gasteiger partial charge < -0.3 is 9.80 Å². The number of thiocarbonyl (C=S) groups is 1. The van der Waals surface area contributed by atoms with Crippen LogP contribution >= 0.6 is 24.0 Å². The number of nitrogens with zero attached hydrogens (tertiary/aromatic N) is 5. The van der Waals surface area contributed by atoms with Gasteiger partial charge in [0.2, 0.25) is 0 Å². The van der Waals surface area contributed by atoms with Crippen LogP contribution in [0.2, 0.25) is 0 Å². The Morgan fingerprint density at radius 1 is 1.02 bits per heavy atom. The number of aromatic nitrogens is 1. The molecule has 40 heavy (non-hydrogen) atoms. The molecule has 2 saturated heterocycles. The lowest BCUT2D eigenvalue weighted by Gasteiger charge is -2.39. The van der Waals surface area contributed by atoms with E-state index in [9.17, 15) is 19.2 Å². The molecule has 2 fully saturated rings. The van der Waals surface area contributed by atoms with Crippen molar-refractivity contribution < 1.29 is 9.18 Å². The quantitative estimate of drug-likeness (QED) is 0.203. The SMILES string of the molecule is CCCCCCCN1C(=O)C(=Cc2c(C)c(C#N)c(=O)n(CC)c2N2CCN(c3ccc(F)cc3)CC2)SC1=S. The molecular formula is C30H36FN5O2S2.